The van der Waals surface area contributed by atoms with Crippen molar-refractivity contribution in [1.29, 1.82) is 5.26 Å². The number of nitriles is 1. The minimum atomic E-state index is -0.301. The van der Waals surface area contributed by atoms with Gasteiger partial charge in [-0.3, -0.25) is 29.0 Å². The molecule has 0 saturated carbocycles. The van der Waals surface area contributed by atoms with Crippen molar-refractivity contribution in [3.05, 3.63) is 93.0 Å². The molecule has 0 radical (unpaired) electrons. The van der Waals surface area contributed by atoms with Crippen LogP contribution in [0, 0.1) is 16.7 Å². The van der Waals surface area contributed by atoms with Gasteiger partial charge in [-0.2, -0.15) is 5.26 Å². The van der Waals surface area contributed by atoms with Gasteiger partial charge >= 0.3 is 0 Å². The molecule has 284 valence electrons. The van der Waals surface area contributed by atoms with Gasteiger partial charge in [0.05, 0.1) is 27.8 Å². The lowest BCUT2D eigenvalue weighted by atomic mass is 9.76. The largest absolute Gasteiger partial charge is 0.371 e. The van der Waals surface area contributed by atoms with E-state index in [0.29, 0.717) is 65.8 Å². The third-order valence-corrected chi connectivity index (χ3v) is 13.7. The summed E-state index contributed by atoms with van der Waals surface area (Å²) in [6, 6.07) is 20.3. The van der Waals surface area contributed by atoms with Gasteiger partial charge in [-0.1, -0.05) is 11.6 Å². The normalized spacial score (nSPS) is 24.0. The molecule has 9 rings (SSSR count). The maximum Gasteiger partial charge on any atom is 0.261 e. The van der Waals surface area contributed by atoms with E-state index in [1.807, 2.05) is 47.4 Å². The van der Waals surface area contributed by atoms with E-state index in [-0.39, 0.29) is 41.1 Å². The van der Waals surface area contributed by atoms with Crippen LogP contribution in [-0.2, 0) is 17.6 Å². The number of piperidine rings is 2. The number of benzene rings is 3. The maximum absolute atomic E-state index is 13.6. The van der Waals surface area contributed by atoms with E-state index >= 15 is 0 Å². The molecule has 5 aliphatic heterocycles. The molecular formula is C43H46ClN7O4. The highest BCUT2D eigenvalue weighted by molar-refractivity contribution is 6.32. The third kappa shape index (κ3) is 6.43. The number of halogens is 1. The zero-order valence-corrected chi connectivity index (χ0v) is 32.0. The van der Waals surface area contributed by atoms with Crippen molar-refractivity contribution in [2.24, 2.45) is 5.41 Å². The molecule has 11 nitrogen and oxygen atoms in total. The second-order valence-corrected chi connectivity index (χ2v) is 16.9. The number of hydrogen-bond acceptors (Lipinski definition) is 8. The molecule has 1 N–H and O–H groups in total. The van der Waals surface area contributed by atoms with Crippen LogP contribution in [0.3, 0.4) is 0 Å². The number of anilines is 2. The van der Waals surface area contributed by atoms with Gasteiger partial charge in [-0.15, -0.1) is 0 Å². The number of nitrogens with one attached hydrogen (secondary N) is 1. The van der Waals surface area contributed by atoms with Crippen LogP contribution in [0.5, 0.6) is 0 Å². The smallest absolute Gasteiger partial charge is 0.261 e. The van der Waals surface area contributed by atoms with Crippen LogP contribution in [-0.4, -0.2) is 109 Å². The van der Waals surface area contributed by atoms with Crippen molar-refractivity contribution in [2.45, 2.75) is 70.0 Å². The van der Waals surface area contributed by atoms with E-state index in [2.05, 4.69) is 45.1 Å². The van der Waals surface area contributed by atoms with Crippen LogP contribution < -0.4 is 15.1 Å². The monoisotopic (exact) mass is 759 g/mol. The molecule has 12 heteroatoms. The molecular weight excluding hydrogens is 714 g/mol. The molecule has 6 aliphatic rings. The number of rotatable bonds is 5. The van der Waals surface area contributed by atoms with Gasteiger partial charge in [0.25, 0.3) is 17.7 Å². The lowest BCUT2D eigenvalue weighted by Crippen LogP contribution is -2.52. The number of hydrogen-bond donors (Lipinski definition) is 1. The van der Waals surface area contributed by atoms with Crippen molar-refractivity contribution in [2.75, 3.05) is 62.2 Å². The summed E-state index contributed by atoms with van der Waals surface area (Å²) in [5.41, 5.74) is 6.93. The average Bonchev–Trinajstić information content (AvgIpc) is 3.85. The molecule has 4 amide bonds. The first-order chi connectivity index (χ1) is 26.6. The van der Waals surface area contributed by atoms with Crippen LogP contribution in [0.1, 0.15) is 86.8 Å². The minimum absolute atomic E-state index is 0.0410. The highest BCUT2D eigenvalue weighted by atomic mass is 35.5. The van der Waals surface area contributed by atoms with Crippen LogP contribution in [0.25, 0.3) is 0 Å². The Morgan fingerprint density at radius 2 is 1.51 bits per heavy atom. The minimum Gasteiger partial charge on any atom is -0.371 e. The van der Waals surface area contributed by atoms with E-state index in [4.69, 9.17) is 11.6 Å². The molecule has 3 aromatic rings. The summed E-state index contributed by atoms with van der Waals surface area (Å²) in [4.78, 5) is 62.6. The SMILES string of the molecule is C[C@H]1CC2(CCN(c3ccc(C(=O)N4CCN(C5Cc6cc7c(cc6C5)C(=O)N(C5CCC(=O)NC5)C7=O)CC4)cc3)CC2)CN1c1ccc(C#N)c(Cl)c1. The van der Waals surface area contributed by atoms with Gasteiger partial charge < -0.3 is 20.0 Å². The van der Waals surface area contributed by atoms with Crippen molar-refractivity contribution in [3.8, 4) is 6.07 Å². The second-order valence-electron chi connectivity index (χ2n) is 16.5. The zero-order chi connectivity index (χ0) is 38.0. The Bertz CT molecular complexity index is 2060. The molecule has 55 heavy (non-hydrogen) atoms. The van der Waals surface area contributed by atoms with Crippen molar-refractivity contribution in [1.82, 2.24) is 20.0 Å². The maximum atomic E-state index is 13.6. The standard InChI is InChI=1S/C43H46ClN7O4/c1-27-23-43(26-50(27)33-7-4-29(24-45)38(44)22-33)10-12-47(13-11-43)32-5-2-28(3-6-32)40(53)49-16-14-48(15-17-49)35-18-30-20-36-37(21-31(30)19-35)42(55)51(41(36)54)34-8-9-39(52)46-25-34/h2-7,20-22,27,34-35H,8-19,23,25-26H2,1H3,(H,46,52)/t27-,34?/m0/s1. The Labute approximate surface area is 326 Å². The summed E-state index contributed by atoms with van der Waals surface area (Å²) in [5.74, 6) is -0.483. The molecule has 4 saturated heterocycles. The van der Waals surface area contributed by atoms with E-state index in [0.717, 1.165) is 87.3 Å². The lowest BCUT2D eigenvalue weighted by molar-refractivity contribution is -0.123. The molecule has 5 heterocycles. The Hall–Kier alpha value is -4.92. The van der Waals surface area contributed by atoms with E-state index in [1.54, 1.807) is 0 Å². The van der Waals surface area contributed by atoms with Crippen molar-refractivity contribution in [3.63, 3.8) is 0 Å². The molecule has 0 aromatic heterocycles. The number of carbonyl (C=O) groups is 4. The number of carbonyl (C=O) groups excluding carboxylic acids is 4. The van der Waals surface area contributed by atoms with Gasteiger partial charge in [0.1, 0.15) is 6.07 Å². The van der Waals surface area contributed by atoms with Crippen molar-refractivity contribution >= 4 is 46.6 Å². The number of fused-ring (bicyclic) bond motifs is 2. The topological polar surface area (TPSA) is 120 Å². The molecule has 0 bridgehead atoms. The molecule has 1 aliphatic carbocycles. The number of piperazine rings is 1. The molecule has 2 atom stereocenters. The summed E-state index contributed by atoms with van der Waals surface area (Å²) in [7, 11) is 0. The van der Waals surface area contributed by atoms with Gasteiger partial charge in [-0.25, -0.2) is 0 Å². The van der Waals surface area contributed by atoms with Crippen molar-refractivity contribution < 1.29 is 19.2 Å². The predicted octanol–water partition coefficient (Wildman–Crippen LogP) is 4.90. The van der Waals surface area contributed by atoms with Crippen LogP contribution in [0.15, 0.2) is 54.6 Å². The Morgan fingerprint density at radius 1 is 0.855 bits per heavy atom. The van der Waals surface area contributed by atoms with Gasteiger partial charge in [0.15, 0.2) is 0 Å². The van der Waals surface area contributed by atoms with Gasteiger partial charge in [0.2, 0.25) is 5.91 Å². The first-order valence-corrected chi connectivity index (χ1v) is 20.1. The summed E-state index contributed by atoms with van der Waals surface area (Å²) in [6.45, 7) is 8.42. The van der Waals surface area contributed by atoms with Gasteiger partial charge in [-0.05, 0) is 117 Å². The molecule has 4 fully saturated rings. The highest BCUT2D eigenvalue weighted by Crippen LogP contribution is 2.46. The first-order valence-electron chi connectivity index (χ1n) is 19.7. The number of amides is 4. The zero-order valence-electron chi connectivity index (χ0n) is 31.2. The van der Waals surface area contributed by atoms with Gasteiger partial charge in [0, 0.05) is 87.8 Å². The fourth-order valence-corrected chi connectivity index (χ4v) is 10.4. The first kappa shape index (κ1) is 35.8. The number of imide groups is 1. The summed E-state index contributed by atoms with van der Waals surface area (Å²) in [5, 5.41) is 12.6. The Balaban J connectivity index is 0.763. The Morgan fingerprint density at radius 3 is 2.11 bits per heavy atom. The summed E-state index contributed by atoms with van der Waals surface area (Å²) < 4.78 is 0. The average molecular weight is 760 g/mol. The van der Waals surface area contributed by atoms with E-state index in [1.165, 1.54) is 4.90 Å². The van der Waals surface area contributed by atoms with Crippen LogP contribution >= 0.6 is 11.6 Å². The lowest BCUT2D eigenvalue weighted by Gasteiger charge is -2.40. The quantitative estimate of drug-likeness (QED) is 0.365. The molecule has 3 aromatic carbocycles. The predicted molar refractivity (Wildman–Crippen MR) is 210 cm³/mol. The van der Waals surface area contributed by atoms with Crippen LogP contribution in [0.2, 0.25) is 5.02 Å². The highest BCUT2D eigenvalue weighted by Gasteiger charge is 2.45. The number of nitrogens with zero attached hydrogens (tertiary/aromatic N) is 6. The summed E-state index contributed by atoms with van der Waals surface area (Å²) in [6.07, 6.45) is 5.81. The fraction of sp³-hybridized carbons (Fsp3) is 0.465. The van der Waals surface area contributed by atoms with E-state index < -0.39 is 0 Å². The molecule has 1 spiro atoms. The Kier molecular flexibility index (Phi) is 9.09. The fourth-order valence-electron chi connectivity index (χ4n) is 10.2. The molecule has 1 unspecified atom stereocenters. The summed E-state index contributed by atoms with van der Waals surface area (Å²) >= 11 is 6.38. The van der Waals surface area contributed by atoms with E-state index in [9.17, 15) is 24.4 Å². The van der Waals surface area contributed by atoms with Crippen LogP contribution in [0.4, 0.5) is 11.4 Å². The third-order valence-electron chi connectivity index (χ3n) is 13.3. The second kappa shape index (κ2) is 14.0.